The summed E-state index contributed by atoms with van der Waals surface area (Å²) in [7, 11) is -10.1. The van der Waals surface area contributed by atoms with Gasteiger partial charge in [0, 0.05) is 28.5 Å². The normalized spacial score (nSPS) is 13.2. The minimum absolute atomic E-state index is 0.141. The van der Waals surface area contributed by atoms with E-state index >= 15 is 0 Å². The van der Waals surface area contributed by atoms with Gasteiger partial charge in [-0.2, -0.15) is 8.42 Å². The summed E-state index contributed by atoms with van der Waals surface area (Å²) in [5, 5.41) is 28.0. The molecule has 1 heterocycles. The van der Waals surface area contributed by atoms with Gasteiger partial charge >= 0.3 is 7.82 Å². The van der Waals surface area contributed by atoms with Crippen LogP contribution in [0.1, 0.15) is 21.6 Å². The van der Waals surface area contributed by atoms with Crippen molar-refractivity contribution in [1.29, 1.82) is 0 Å². The Morgan fingerprint density at radius 2 is 1.87 bits per heavy atom. The first-order valence-electron chi connectivity index (χ1n) is 9.67. The lowest BCUT2D eigenvalue weighted by Crippen LogP contribution is -2.02. The molecule has 0 aliphatic rings. The van der Waals surface area contributed by atoms with Gasteiger partial charge in [0.15, 0.2) is 23.2 Å². The first-order valence-corrected chi connectivity index (χ1v) is 13.7. The summed E-state index contributed by atoms with van der Waals surface area (Å²) in [4.78, 5) is 42.1. The van der Waals surface area contributed by atoms with E-state index < -0.39 is 84.1 Å². The lowest BCUT2D eigenvalue weighted by atomic mass is 10.1. The van der Waals surface area contributed by atoms with Crippen LogP contribution in [-0.4, -0.2) is 52.8 Å². The van der Waals surface area contributed by atoms with Crippen LogP contribution in [0.5, 0.6) is 5.75 Å². The number of aldehydes is 1. The molecular weight excluding hydrogens is 575 g/mol. The van der Waals surface area contributed by atoms with Crippen molar-refractivity contribution in [3.8, 4) is 5.75 Å². The van der Waals surface area contributed by atoms with Gasteiger partial charge in [-0.3, -0.25) is 24.0 Å². The molecule has 38 heavy (non-hydrogen) atoms. The Morgan fingerprint density at radius 3 is 2.39 bits per heavy atom. The van der Waals surface area contributed by atoms with Crippen molar-refractivity contribution >= 4 is 63.3 Å². The second-order valence-electron chi connectivity index (χ2n) is 7.31. The second kappa shape index (κ2) is 10.7. The van der Waals surface area contributed by atoms with Crippen LogP contribution in [0.15, 0.2) is 44.3 Å². The Bertz CT molecular complexity index is 1700. The van der Waals surface area contributed by atoms with Gasteiger partial charge in [-0.05, 0) is 19.1 Å². The molecule has 0 fully saturated rings. The summed E-state index contributed by atoms with van der Waals surface area (Å²) >= 11 is -2.85. The van der Waals surface area contributed by atoms with Crippen molar-refractivity contribution in [3.05, 3.63) is 51.2 Å². The number of fused-ring (bicyclic) bond motifs is 1. The Morgan fingerprint density at radius 1 is 1.21 bits per heavy atom. The summed E-state index contributed by atoms with van der Waals surface area (Å²) in [5.41, 5.74) is -2.15. The number of nitrogens with zero attached hydrogens (tertiary/aromatic N) is 4. The summed E-state index contributed by atoms with van der Waals surface area (Å²) < 4.78 is 70.7. The summed E-state index contributed by atoms with van der Waals surface area (Å²) in [5.74, 6) is -1.10. The van der Waals surface area contributed by atoms with Gasteiger partial charge in [-0.25, -0.2) is 13.8 Å². The van der Waals surface area contributed by atoms with E-state index in [0.29, 0.717) is 6.07 Å². The molecule has 0 amide bonds. The van der Waals surface area contributed by atoms with Gasteiger partial charge in [0.05, 0.1) is 33.4 Å². The van der Waals surface area contributed by atoms with Crippen molar-refractivity contribution < 1.29 is 55.4 Å². The van der Waals surface area contributed by atoms with Crippen LogP contribution in [0, 0.1) is 17.0 Å². The van der Waals surface area contributed by atoms with Crippen LogP contribution >= 0.6 is 7.82 Å². The first kappa shape index (κ1) is 29.0. The van der Waals surface area contributed by atoms with Crippen molar-refractivity contribution in [3.63, 3.8) is 0 Å². The lowest BCUT2D eigenvalue weighted by Gasteiger charge is -2.12. The van der Waals surface area contributed by atoms with Gasteiger partial charge in [-0.15, -0.1) is 10.2 Å². The zero-order valence-electron chi connectivity index (χ0n) is 18.6. The molecule has 0 bridgehead atoms. The first-order chi connectivity index (χ1) is 17.5. The van der Waals surface area contributed by atoms with Crippen molar-refractivity contribution in [2.24, 2.45) is 10.2 Å². The monoisotopic (exact) mass is 590 g/mol. The summed E-state index contributed by atoms with van der Waals surface area (Å²) in [6.07, 6.45) is 0.149. The number of phosphoric acid groups is 1. The van der Waals surface area contributed by atoms with E-state index in [1.54, 1.807) is 0 Å². The van der Waals surface area contributed by atoms with Gasteiger partial charge in [-0.1, -0.05) is 0 Å². The largest absolute Gasteiger partial charge is 0.505 e. The fourth-order valence-electron chi connectivity index (χ4n) is 3.23. The zero-order chi connectivity index (χ0) is 28.6. The van der Waals surface area contributed by atoms with E-state index in [1.807, 2.05) is 0 Å². The van der Waals surface area contributed by atoms with Crippen molar-refractivity contribution in [2.75, 3.05) is 0 Å². The van der Waals surface area contributed by atoms with E-state index in [9.17, 15) is 46.3 Å². The molecule has 0 aliphatic carbocycles. The predicted molar refractivity (Wildman–Crippen MR) is 126 cm³/mol. The highest BCUT2D eigenvalue weighted by molar-refractivity contribution is 7.86. The molecule has 0 saturated carbocycles. The molecule has 202 valence electrons. The number of azo groups is 1. The Labute approximate surface area is 214 Å². The number of hydrogen-bond acceptors (Lipinski definition) is 12. The van der Waals surface area contributed by atoms with Crippen LogP contribution in [0.3, 0.4) is 0 Å². The Balaban J connectivity index is 2.29. The zero-order valence-corrected chi connectivity index (χ0v) is 21.2. The minimum Gasteiger partial charge on any atom is -0.505 e. The highest BCUT2D eigenvalue weighted by Gasteiger charge is 2.24. The number of hydrogen-bond donors (Lipinski definition) is 5. The Hall–Kier alpha value is -3.55. The average molecular weight is 590 g/mol. The van der Waals surface area contributed by atoms with E-state index in [-0.39, 0.29) is 23.1 Å². The average Bonchev–Trinajstić information content (AvgIpc) is 2.80. The number of aryl methyl sites for hydroxylation is 1. The quantitative estimate of drug-likeness (QED) is 0.0456. The number of carbonyl (C=O) groups excluding carboxylic acids is 1. The number of aromatic nitrogens is 1. The van der Waals surface area contributed by atoms with Gasteiger partial charge in [0.1, 0.15) is 10.6 Å². The number of nitro benzene ring substituents is 1. The molecule has 3 rings (SSSR count). The van der Waals surface area contributed by atoms with Crippen LogP contribution in [0.25, 0.3) is 10.8 Å². The van der Waals surface area contributed by atoms with E-state index in [2.05, 4.69) is 19.7 Å². The maximum absolute atomic E-state index is 12.0. The third-order valence-corrected chi connectivity index (χ3v) is 6.93. The minimum atomic E-state index is -5.09. The molecule has 3 aromatic rings. The SMILES string of the molecule is Cc1nc(N=Nc2cc(S(=O)O)c3cc([N+](=O)[O-])cc(S(=O)(=O)O)c3c2)c(COP(=O)(O)O)c(C=O)c1O. The standard InChI is InChI=1S/C18H15N4O13PS2/c1-8-17(24)13(6-23)14(7-35-36(27,28)29)18(19-8)21-20-9-2-12-11(15(3-9)37(30)31)4-10(22(25)26)5-16(12)38(32,33)34/h2-6,24H,7H2,1H3,(H,30,31)(H2,27,28,29)(H,32,33,34). The number of carbonyl (C=O) groups is 1. The summed E-state index contributed by atoms with van der Waals surface area (Å²) in [6.45, 7) is 0.317. The predicted octanol–water partition coefficient (Wildman–Crippen LogP) is 2.82. The summed E-state index contributed by atoms with van der Waals surface area (Å²) in [6, 6.07) is 3.22. The smallest absolute Gasteiger partial charge is 0.469 e. The molecule has 5 N–H and O–H groups in total. The maximum atomic E-state index is 12.0. The number of benzene rings is 2. The maximum Gasteiger partial charge on any atom is 0.469 e. The third-order valence-electron chi connectivity index (χ3n) is 4.86. The van der Waals surface area contributed by atoms with Crippen LogP contribution in [0.2, 0.25) is 0 Å². The molecule has 1 aromatic heterocycles. The van der Waals surface area contributed by atoms with Crippen LogP contribution in [-0.2, 0) is 36.9 Å². The van der Waals surface area contributed by atoms with Crippen molar-refractivity contribution in [2.45, 2.75) is 23.3 Å². The Kier molecular flexibility index (Phi) is 8.15. The van der Waals surface area contributed by atoms with Crippen LogP contribution < -0.4 is 0 Å². The lowest BCUT2D eigenvalue weighted by molar-refractivity contribution is -0.384. The molecule has 0 saturated heterocycles. The highest BCUT2D eigenvalue weighted by Crippen LogP contribution is 2.40. The van der Waals surface area contributed by atoms with E-state index in [0.717, 1.165) is 18.2 Å². The molecular formula is C18H15N4O13PS2. The number of rotatable bonds is 9. The molecule has 0 aliphatic heterocycles. The molecule has 20 heteroatoms. The number of nitro groups is 1. The van der Waals surface area contributed by atoms with Gasteiger partial charge < -0.3 is 19.4 Å². The number of pyridine rings is 1. The topological polar surface area (TPSA) is 276 Å². The molecule has 1 unspecified atom stereocenters. The molecule has 0 radical (unpaired) electrons. The molecule has 17 nitrogen and oxygen atoms in total. The fraction of sp³-hybridized carbons (Fsp3) is 0.111. The number of aromatic hydroxyl groups is 1. The van der Waals surface area contributed by atoms with Crippen LogP contribution in [0.4, 0.5) is 17.2 Å². The molecule has 2 aromatic carbocycles. The van der Waals surface area contributed by atoms with E-state index in [4.69, 9.17) is 9.79 Å². The fourth-order valence-corrected chi connectivity index (χ4v) is 4.82. The molecule has 1 atom stereocenters. The number of phosphoric ester groups is 1. The third kappa shape index (κ3) is 6.29. The van der Waals surface area contributed by atoms with Crippen molar-refractivity contribution in [1.82, 2.24) is 4.98 Å². The molecule has 0 spiro atoms. The highest BCUT2D eigenvalue weighted by atomic mass is 32.2. The second-order valence-corrected chi connectivity index (χ2v) is 10.9. The number of non-ortho nitro benzene ring substituents is 1. The van der Waals surface area contributed by atoms with Gasteiger partial charge in [0.25, 0.3) is 15.8 Å². The van der Waals surface area contributed by atoms with E-state index in [1.165, 1.54) is 6.92 Å². The van der Waals surface area contributed by atoms with Gasteiger partial charge in [0.2, 0.25) is 0 Å².